The van der Waals surface area contributed by atoms with Gasteiger partial charge in [-0.3, -0.25) is 0 Å². The molecular formula is C12H14BrClN2O. The first-order chi connectivity index (χ1) is 8.26. The SMILES string of the molecule is CCOCCn1c(CCl)nc2cc(Br)ccc21. The highest BCUT2D eigenvalue weighted by atomic mass is 79.9. The lowest BCUT2D eigenvalue weighted by Gasteiger charge is -2.07. The average molecular weight is 318 g/mol. The summed E-state index contributed by atoms with van der Waals surface area (Å²) in [6, 6.07) is 6.07. The quantitative estimate of drug-likeness (QED) is 0.622. The Labute approximate surface area is 114 Å². The molecule has 0 saturated carbocycles. The normalized spacial score (nSPS) is 11.2. The summed E-state index contributed by atoms with van der Waals surface area (Å²) in [7, 11) is 0. The Balaban J connectivity index is 2.36. The number of fused-ring (bicyclic) bond motifs is 1. The molecule has 0 spiro atoms. The highest BCUT2D eigenvalue weighted by Crippen LogP contribution is 2.21. The molecule has 2 aromatic rings. The van der Waals surface area contributed by atoms with Crippen LogP contribution >= 0.6 is 27.5 Å². The molecule has 1 aromatic heterocycles. The molecule has 0 aliphatic heterocycles. The zero-order chi connectivity index (χ0) is 12.3. The Kier molecular flexibility index (Phi) is 4.42. The van der Waals surface area contributed by atoms with Gasteiger partial charge in [0.25, 0.3) is 0 Å². The number of imidazole rings is 1. The summed E-state index contributed by atoms with van der Waals surface area (Å²) in [5.74, 6) is 1.30. The third-order valence-electron chi connectivity index (χ3n) is 2.57. The van der Waals surface area contributed by atoms with Gasteiger partial charge in [0.15, 0.2) is 0 Å². The van der Waals surface area contributed by atoms with Gasteiger partial charge < -0.3 is 9.30 Å². The van der Waals surface area contributed by atoms with E-state index in [1.165, 1.54) is 0 Å². The lowest BCUT2D eigenvalue weighted by atomic mass is 10.3. The number of benzene rings is 1. The molecule has 0 radical (unpaired) electrons. The van der Waals surface area contributed by atoms with Crippen LogP contribution in [0.3, 0.4) is 0 Å². The van der Waals surface area contributed by atoms with Gasteiger partial charge >= 0.3 is 0 Å². The van der Waals surface area contributed by atoms with Crippen LogP contribution in [0.2, 0.25) is 0 Å². The van der Waals surface area contributed by atoms with Crippen LogP contribution < -0.4 is 0 Å². The van der Waals surface area contributed by atoms with Crippen LogP contribution in [0.1, 0.15) is 12.7 Å². The van der Waals surface area contributed by atoms with Crippen molar-refractivity contribution in [1.82, 2.24) is 9.55 Å². The second-order valence-electron chi connectivity index (χ2n) is 3.64. The average Bonchev–Trinajstić information content (AvgIpc) is 2.67. The highest BCUT2D eigenvalue weighted by molar-refractivity contribution is 9.10. The first-order valence-corrected chi connectivity index (χ1v) is 6.87. The van der Waals surface area contributed by atoms with Gasteiger partial charge in [-0.1, -0.05) is 15.9 Å². The minimum Gasteiger partial charge on any atom is -0.380 e. The zero-order valence-electron chi connectivity index (χ0n) is 9.62. The molecule has 0 N–H and O–H groups in total. The van der Waals surface area contributed by atoms with Gasteiger partial charge in [0.1, 0.15) is 5.82 Å². The number of hydrogen-bond acceptors (Lipinski definition) is 2. The molecule has 2 rings (SSSR count). The van der Waals surface area contributed by atoms with E-state index >= 15 is 0 Å². The summed E-state index contributed by atoms with van der Waals surface area (Å²) in [6.07, 6.45) is 0. The predicted molar refractivity (Wildman–Crippen MR) is 73.5 cm³/mol. The van der Waals surface area contributed by atoms with Gasteiger partial charge in [-0.25, -0.2) is 4.98 Å². The number of nitrogens with zero attached hydrogens (tertiary/aromatic N) is 2. The van der Waals surface area contributed by atoms with Crippen molar-refractivity contribution in [2.75, 3.05) is 13.2 Å². The number of ether oxygens (including phenoxy) is 1. The number of aromatic nitrogens is 2. The number of alkyl halides is 1. The monoisotopic (exact) mass is 316 g/mol. The maximum Gasteiger partial charge on any atom is 0.124 e. The first kappa shape index (κ1) is 12.9. The van der Waals surface area contributed by atoms with Crippen LogP contribution in [0.25, 0.3) is 11.0 Å². The first-order valence-electron chi connectivity index (χ1n) is 5.54. The van der Waals surface area contributed by atoms with Crippen LogP contribution in [0, 0.1) is 0 Å². The van der Waals surface area contributed by atoms with E-state index in [0.29, 0.717) is 12.5 Å². The van der Waals surface area contributed by atoms with Gasteiger partial charge in [-0.05, 0) is 25.1 Å². The van der Waals surface area contributed by atoms with Gasteiger partial charge in [0.2, 0.25) is 0 Å². The molecule has 0 unspecified atom stereocenters. The molecule has 0 bridgehead atoms. The summed E-state index contributed by atoms with van der Waals surface area (Å²) in [5, 5.41) is 0. The predicted octanol–water partition coefficient (Wildman–Crippen LogP) is 3.57. The molecule has 0 aliphatic carbocycles. The summed E-state index contributed by atoms with van der Waals surface area (Å²) >= 11 is 9.37. The largest absolute Gasteiger partial charge is 0.380 e. The fraction of sp³-hybridized carbons (Fsp3) is 0.417. The summed E-state index contributed by atoms with van der Waals surface area (Å²) < 4.78 is 8.52. The van der Waals surface area contributed by atoms with Crippen molar-refractivity contribution in [3.63, 3.8) is 0 Å². The minimum atomic E-state index is 0.415. The second kappa shape index (κ2) is 5.85. The summed E-state index contributed by atoms with van der Waals surface area (Å²) in [4.78, 5) is 4.52. The molecule has 0 aliphatic rings. The van der Waals surface area contributed by atoms with Crippen molar-refractivity contribution >= 4 is 38.6 Å². The third kappa shape index (κ3) is 2.81. The number of hydrogen-bond donors (Lipinski definition) is 0. The van der Waals surface area contributed by atoms with Crippen molar-refractivity contribution in [2.24, 2.45) is 0 Å². The summed E-state index contributed by atoms with van der Waals surface area (Å²) in [5.41, 5.74) is 2.06. The Hall–Kier alpha value is -0.580. The molecular weight excluding hydrogens is 304 g/mol. The highest BCUT2D eigenvalue weighted by Gasteiger charge is 2.09. The van der Waals surface area contributed by atoms with Crippen molar-refractivity contribution in [1.29, 1.82) is 0 Å². The smallest absolute Gasteiger partial charge is 0.124 e. The van der Waals surface area contributed by atoms with Gasteiger partial charge in [0, 0.05) is 17.6 Å². The molecule has 1 aromatic carbocycles. The van der Waals surface area contributed by atoms with Crippen LogP contribution in [-0.2, 0) is 17.2 Å². The fourth-order valence-corrected chi connectivity index (χ4v) is 2.36. The van der Waals surface area contributed by atoms with E-state index in [9.17, 15) is 0 Å². The second-order valence-corrected chi connectivity index (χ2v) is 4.83. The molecule has 17 heavy (non-hydrogen) atoms. The van der Waals surface area contributed by atoms with Gasteiger partial charge in [0.05, 0.1) is 23.5 Å². The van der Waals surface area contributed by atoms with Crippen molar-refractivity contribution < 1.29 is 4.74 Å². The van der Waals surface area contributed by atoms with E-state index in [0.717, 1.165) is 34.5 Å². The van der Waals surface area contributed by atoms with Crippen LogP contribution in [0.5, 0.6) is 0 Å². The lowest BCUT2D eigenvalue weighted by Crippen LogP contribution is -2.08. The molecule has 0 saturated heterocycles. The maximum atomic E-state index is 5.92. The van der Waals surface area contributed by atoms with Crippen LogP contribution in [-0.4, -0.2) is 22.8 Å². The molecule has 3 nitrogen and oxygen atoms in total. The van der Waals surface area contributed by atoms with E-state index < -0.39 is 0 Å². The molecule has 0 fully saturated rings. The minimum absolute atomic E-state index is 0.415. The van der Waals surface area contributed by atoms with Crippen LogP contribution in [0.4, 0.5) is 0 Å². The molecule has 92 valence electrons. The van der Waals surface area contributed by atoms with E-state index in [4.69, 9.17) is 16.3 Å². The Bertz CT molecular complexity index is 512. The Morgan fingerprint density at radius 2 is 2.29 bits per heavy atom. The standard InChI is InChI=1S/C12H14BrClN2O/c1-2-17-6-5-16-11-4-3-9(13)7-10(11)15-12(16)8-14/h3-4,7H,2,5-6,8H2,1H3. The Morgan fingerprint density at radius 1 is 1.47 bits per heavy atom. The number of rotatable bonds is 5. The van der Waals surface area contributed by atoms with E-state index in [2.05, 4.69) is 31.5 Å². The van der Waals surface area contributed by atoms with Crippen LogP contribution in [0.15, 0.2) is 22.7 Å². The van der Waals surface area contributed by atoms with Crippen molar-refractivity contribution in [3.8, 4) is 0 Å². The summed E-state index contributed by atoms with van der Waals surface area (Å²) in [6.45, 7) is 4.19. The van der Waals surface area contributed by atoms with E-state index in [1.807, 2.05) is 19.1 Å². The maximum absolute atomic E-state index is 5.92. The lowest BCUT2D eigenvalue weighted by molar-refractivity contribution is 0.139. The van der Waals surface area contributed by atoms with E-state index in [-0.39, 0.29) is 0 Å². The molecule has 0 amide bonds. The fourth-order valence-electron chi connectivity index (χ4n) is 1.80. The van der Waals surface area contributed by atoms with Crippen molar-refractivity contribution in [3.05, 3.63) is 28.5 Å². The zero-order valence-corrected chi connectivity index (χ0v) is 12.0. The molecule has 5 heteroatoms. The Morgan fingerprint density at radius 3 is 3.00 bits per heavy atom. The topological polar surface area (TPSA) is 27.1 Å². The third-order valence-corrected chi connectivity index (χ3v) is 3.30. The molecule has 1 heterocycles. The van der Waals surface area contributed by atoms with Gasteiger partial charge in [-0.2, -0.15) is 0 Å². The number of halogens is 2. The molecule has 0 atom stereocenters. The van der Waals surface area contributed by atoms with Crippen molar-refractivity contribution in [2.45, 2.75) is 19.3 Å². The van der Waals surface area contributed by atoms with E-state index in [1.54, 1.807) is 0 Å². The van der Waals surface area contributed by atoms with Gasteiger partial charge in [-0.15, -0.1) is 11.6 Å².